The third kappa shape index (κ3) is 3.46. The minimum absolute atomic E-state index is 0.238. The van der Waals surface area contributed by atoms with Crippen molar-refractivity contribution in [2.75, 3.05) is 0 Å². The van der Waals surface area contributed by atoms with Crippen LogP contribution in [0.1, 0.15) is 15.9 Å². The first kappa shape index (κ1) is 14.7. The molecule has 2 aromatic rings. The topological polar surface area (TPSA) is 34.9 Å². The maximum atomic E-state index is 12.4. The van der Waals surface area contributed by atoms with E-state index in [2.05, 4.69) is 37.0 Å². The van der Waals surface area contributed by atoms with E-state index in [9.17, 15) is 18.0 Å². The van der Waals surface area contributed by atoms with Crippen molar-refractivity contribution < 1.29 is 18.0 Å². The maximum Gasteiger partial charge on any atom is 0.419 e. The highest BCUT2D eigenvalue weighted by Gasteiger charge is 2.32. The summed E-state index contributed by atoms with van der Waals surface area (Å²) < 4.78 is 39.5. The summed E-state index contributed by atoms with van der Waals surface area (Å²) in [5.41, 5.74) is -0.452. The molecule has 0 saturated carbocycles. The van der Waals surface area contributed by atoms with Gasteiger partial charge in [0.05, 0.1) is 19.3 Å². The first-order valence-electron chi connectivity index (χ1n) is 4.85. The summed E-state index contributed by atoms with van der Waals surface area (Å²) in [7, 11) is 0. The molecule has 2 rings (SSSR count). The van der Waals surface area contributed by atoms with Crippen LogP contribution in [0, 0.1) is 0 Å². The van der Waals surface area contributed by atoms with Crippen molar-refractivity contribution in [2.45, 2.75) is 12.7 Å². The lowest BCUT2D eigenvalue weighted by Crippen LogP contribution is -2.11. The van der Waals surface area contributed by atoms with Gasteiger partial charge < -0.3 is 0 Å². The molecule has 9 heteroatoms. The highest BCUT2D eigenvalue weighted by atomic mass is 79.9. The number of aromatic nitrogens is 2. The monoisotopic (exact) mass is 416 g/mol. The molecule has 0 N–H and O–H groups in total. The fourth-order valence-corrected chi connectivity index (χ4v) is 4.21. The van der Waals surface area contributed by atoms with Crippen molar-refractivity contribution in [3.8, 4) is 0 Å². The van der Waals surface area contributed by atoms with Gasteiger partial charge in [-0.1, -0.05) is 0 Å². The number of Topliss-reactive ketones (excluding diaryl/α,β-unsaturated/α-hetero) is 1. The van der Waals surface area contributed by atoms with Gasteiger partial charge in [0.25, 0.3) is 0 Å². The molecule has 0 saturated heterocycles. The molecule has 0 spiro atoms. The summed E-state index contributed by atoms with van der Waals surface area (Å²) in [6.45, 7) is -0.238. The van der Waals surface area contributed by atoms with Crippen LogP contribution >= 0.6 is 43.2 Å². The van der Waals surface area contributed by atoms with Gasteiger partial charge in [-0.2, -0.15) is 18.3 Å². The highest BCUT2D eigenvalue weighted by molar-refractivity contribution is 9.12. The van der Waals surface area contributed by atoms with Gasteiger partial charge in [0.1, 0.15) is 6.54 Å². The van der Waals surface area contributed by atoms with Crippen LogP contribution in [0.3, 0.4) is 0 Å². The summed E-state index contributed by atoms with van der Waals surface area (Å²) in [4.78, 5) is 11.9. The number of carbonyl (C=O) groups excluding carboxylic acids is 1. The molecule has 0 fully saturated rings. The van der Waals surface area contributed by atoms with E-state index in [1.807, 2.05) is 0 Å². The zero-order valence-electron chi connectivity index (χ0n) is 9.04. The van der Waals surface area contributed by atoms with E-state index in [-0.39, 0.29) is 12.3 Å². The Morgan fingerprint density at radius 3 is 2.58 bits per heavy atom. The second kappa shape index (κ2) is 5.37. The lowest BCUT2D eigenvalue weighted by atomic mass is 10.2. The fraction of sp³-hybridized carbons (Fsp3) is 0.200. The molecule has 3 nitrogen and oxygen atoms in total. The minimum Gasteiger partial charge on any atom is -0.292 e. The molecule has 2 aromatic heterocycles. The van der Waals surface area contributed by atoms with E-state index in [0.29, 0.717) is 15.5 Å². The Kier molecular flexibility index (Phi) is 4.17. The smallest absolute Gasteiger partial charge is 0.292 e. The first-order valence-corrected chi connectivity index (χ1v) is 7.25. The van der Waals surface area contributed by atoms with Crippen LogP contribution < -0.4 is 0 Å². The van der Waals surface area contributed by atoms with E-state index in [1.54, 1.807) is 6.07 Å². The van der Waals surface area contributed by atoms with Crippen molar-refractivity contribution in [2.24, 2.45) is 0 Å². The molecule has 102 valence electrons. The van der Waals surface area contributed by atoms with Gasteiger partial charge in [-0.3, -0.25) is 9.48 Å². The quantitative estimate of drug-likeness (QED) is 0.695. The van der Waals surface area contributed by atoms with E-state index < -0.39 is 11.7 Å². The molecule has 0 unspecified atom stereocenters. The van der Waals surface area contributed by atoms with Gasteiger partial charge in [-0.15, -0.1) is 11.3 Å². The first-order chi connectivity index (χ1) is 8.77. The largest absolute Gasteiger partial charge is 0.419 e. The molecule has 0 aliphatic heterocycles. The summed E-state index contributed by atoms with van der Waals surface area (Å²) in [5, 5.41) is 3.54. The van der Waals surface area contributed by atoms with E-state index in [1.165, 1.54) is 11.3 Å². The number of rotatable bonds is 3. The molecular formula is C10H5Br2F3N2OS. The Balaban J connectivity index is 2.16. The Morgan fingerprint density at radius 1 is 1.42 bits per heavy atom. The van der Waals surface area contributed by atoms with Crippen LogP contribution in [0.4, 0.5) is 13.2 Å². The molecule has 0 aliphatic carbocycles. The van der Waals surface area contributed by atoms with Crippen molar-refractivity contribution in [1.29, 1.82) is 0 Å². The SMILES string of the molecule is O=C(Cn1cc(C(F)(F)F)cn1)c1cc(Br)sc1Br. The van der Waals surface area contributed by atoms with E-state index >= 15 is 0 Å². The summed E-state index contributed by atoms with van der Waals surface area (Å²) in [6.07, 6.45) is -2.94. The molecule has 2 heterocycles. The normalized spacial score (nSPS) is 11.8. The van der Waals surface area contributed by atoms with Gasteiger partial charge in [0, 0.05) is 11.8 Å². The van der Waals surface area contributed by atoms with Gasteiger partial charge in [-0.25, -0.2) is 0 Å². The Morgan fingerprint density at radius 2 is 2.11 bits per heavy atom. The maximum absolute atomic E-state index is 12.4. The number of carbonyl (C=O) groups is 1. The van der Waals surface area contributed by atoms with Gasteiger partial charge >= 0.3 is 6.18 Å². The molecule has 0 aliphatic rings. The lowest BCUT2D eigenvalue weighted by Gasteiger charge is -2.01. The fourth-order valence-electron chi connectivity index (χ4n) is 1.36. The molecule has 0 radical (unpaired) electrons. The lowest BCUT2D eigenvalue weighted by molar-refractivity contribution is -0.137. The Bertz CT molecular complexity index is 621. The van der Waals surface area contributed by atoms with Crippen molar-refractivity contribution in [3.05, 3.63) is 37.2 Å². The Hall–Kier alpha value is -0.670. The summed E-state index contributed by atoms with van der Waals surface area (Å²) >= 11 is 7.78. The van der Waals surface area contributed by atoms with Gasteiger partial charge in [-0.05, 0) is 37.9 Å². The average Bonchev–Trinajstić information content (AvgIpc) is 2.84. The number of nitrogens with zero attached hydrogens (tertiary/aromatic N) is 2. The molecule has 0 bridgehead atoms. The number of halogens is 5. The standard InChI is InChI=1S/C10H5Br2F3N2OS/c11-8-1-6(9(12)19-8)7(18)4-17-3-5(2-16-17)10(13,14)15/h1-3H,4H2. The predicted octanol–water partition coefficient (Wildman–Crippen LogP) is 4.37. The molecular weight excluding hydrogens is 413 g/mol. The number of ketones is 1. The second-order valence-electron chi connectivity index (χ2n) is 3.59. The zero-order chi connectivity index (χ0) is 14.2. The van der Waals surface area contributed by atoms with Crippen LogP contribution in [0.2, 0.25) is 0 Å². The van der Waals surface area contributed by atoms with Crippen LogP contribution in [-0.2, 0) is 12.7 Å². The zero-order valence-corrected chi connectivity index (χ0v) is 13.0. The third-order valence-electron chi connectivity index (χ3n) is 2.22. The predicted molar refractivity (Wildman–Crippen MR) is 71.3 cm³/mol. The van der Waals surface area contributed by atoms with Crippen molar-refractivity contribution in [3.63, 3.8) is 0 Å². The number of thiophene rings is 1. The highest BCUT2D eigenvalue weighted by Crippen LogP contribution is 2.32. The molecule has 0 atom stereocenters. The Labute approximate surface area is 126 Å². The van der Waals surface area contributed by atoms with Crippen LogP contribution in [0.15, 0.2) is 26.0 Å². The van der Waals surface area contributed by atoms with Crippen LogP contribution in [-0.4, -0.2) is 15.6 Å². The van der Waals surface area contributed by atoms with Crippen LogP contribution in [0.25, 0.3) is 0 Å². The van der Waals surface area contributed by atoms with Crippen molar-refractivity contribution >= 4 is 49.0 Å². The molecule has 0 amide bonds. The van der Waals surface area contributed by atoms with E-state index in [4.69, 9.17) is 0 Å². The number of alkyl halides is 3. The summed E-state index contributed by atoms with van der Waals surface area (Å²) in [6, 6.07) is 1.62. The number of hydrogen-bond donors (Lipinski definition) is 0. The second-order valence-corrected chi connectivity index (χ2v) is 7.33. The van der Waals surface area contributed by atoms with E-state index in [0.717, 1.165) is 14.7 Å². The van der Waals surface area contributed by atoms with Gasteiger partial charge in [0.15, 0.2) is 5.78 Å². The van der Waals surface area contributed by atoms with Crippen molar-refractivity contribution in [1.82, 2.24) is 9.78 Å². The molecule has 0 aromatic carbocycles. The van der Waals surface area contributed by atoms with Gasteiger partial charge in [0.2, 0.25) is 0 Å². The number of hydrogen-bond acceptors (Lipinski definition) is 3. The minimum atomic E-state index is -4.45. The molecule has 19 heavy (non-hydrogen) atoms. The van der Waals surface area contributed by atoms with Crippen LogP contribution in [0.5, 0.6) is 0 Å². The summed E-state index contributed by atoms with van der Waals surface area (Å²) in [5.74, 6) is -0.314. The average molecular weight is 418 g/mol. The third-order valence-corrected chi connectivity index (χ3v) is 4.56.